The van der Waals surface area contributed by atoms with Gasteiger partial charge in [-0.1, -0.05) is 45.0 Å². The second kappa shape index (κ2) is 10.6. The summed E-state index contributed by atoms with van der Waals surface area (Å²) in [7, 11) is 0. The molecule has 2 aromatic carbocycles. The minimum Gasteiger partial charge on any atom is -0.341 e. The number of carbonyl (C=O) groups is 2. The van der Waals surface area contributed by atoms with E-state index in [0.717, 1.165) is 31.6 Å². The number of nitrogens with one attached hydrogen (secondary N) is 1. The first kappa shape index (κ1) is 24.5. The Hall–Kier alpha value is -3.17. The lowest BCUT2D eigenvalue weighted by atomic mass is 9.86. The van der Waals surface area contributed by atoms with Crippen molar-refractivity contribution in [2.75, 3.05) is 26.2 Å². The minimum atomic E-state index is -0.579. The third-order valence-electron chi connectivity index (χ3n) is 6.12. The highest BCUT2D eigenvalue weighted by atomic mass is 16.2. The van der Waals surface area contributed by atoms with E-state index in [9.17, 15) is 9.59 Å². The summed E-state index contributed by atoms with van der Waals surface area (Å²) in [5.74, 6) is -0.275. The van der Waals surface area contributed by atoms with Crippen LogP contribution in [0.25, 0.3) is 0 Å². The van der Waals surface area contributed by atoms with Crippen LogP contribution in [-0.2, 0) is 16.8 Å². The highest BCUT2D eigenvalue weighted by Crippen LogP contribution is 2.22. The number of hydrogen-bond donors (Lipinski definition) is 1. The lowest BCUT2D eigenvalue weighted by Gasteiger charge is -2.25. The third-order valence-corrected chi connectivity index (χ3v) is 6.12. The van der Waals surface area contributed by atoms with Crippen molar-refractivity contribution in [3.63, 3.8) is 0 Å². The van der Waals surface area contributed by atoms with E-state index in [0.29, 0.717) is 24.2 Å². The molecule has 1 atom stereocenters. The first-order valence-electron chi connectivity index (χ1n) is 11.6. The van der Waals surface area contributed by atoms with Gasteiger partial charge in [0, 0.05) is 38.3 Å². The number of amides is 2. The fourth-order valence-electron chi connectivity index (χ4n) is 4.03. The smallest absolute Gasteiger partial charge is 0.251 e. The molecule has 0 spiro atoms. The molecule has 0 saturated carbocycles. The van der Waals surface area contributed by atoms with Gasteiger partial charge >= 0.3 is 0 Å². The molecule has 174 valence electrons. The molecule has 1 saturated heterocycles. The van der Waals surface area contributed by atoms with Gasteiger partial charge in [0.2, 0.25) is 5.91 Å². The Kier molecular flexibility index (Phi) is 7.88. The van der Waals surface area contributed by atoms with Crippen LogP contribution in [0, 0.1) is 11.3 Å². The van der Waals surface area contributed by atoms with Gasteiger partial charge in [-0.2, -0.15) is 5.26 Å². The molecular formula is C27H34N4O2. The standard InChI is InChI=1S/C27H34N4O2/c1-20(29-25(32)23-10-12-24(13-11-23)27(2,3)4)26(33)31-15-5-14-30(16-17-31)19-22-8-6-21(18-28)7-9-22/h6-13,20H,5,14-17,19H2,1-4H3,(H,29,32). The van der Waals surface area contributed by atoms with Crippen LogP contribution in [0.15, 0.2) is 48.5 Å². The van der Waals surface area contributed by atoms with Crippen molar-refractivity contribution in [3.8, 4) is 6.07 Å². The van der Waals surface area contributed by atoms with Gasteiger partial charge in [0.25, 0.3) is 5.91 Å². The molecule has 1 unspecified atom stereocenters. The summed E-state index contributed by atoms with van der Waals surface area (Å²) < 4.78 is 0. The molecule has 0 bridgehead atoms. The number of nitrogens with zero attached hydrogens (tertiary/aromatic N) is 3. The molecular weight excluding hydrogens is 412 g/mol. The molecule has 6 heteroatoms. The van der Waals surface area contributed by atoms with Crippen LogP contribution in [0.3, 0.4) is 0 Å². The van der Waals surface area contributed by atoms with Crippen molar-refractivity contribution in [1.29, 1.82) is 5.26 Å². The fraction of sp³-hybridized carbons (Fsp3) is 0.444. The molecule has 1 aliphatic rings. The molecule has 33 heavy (non-hydrogen) atoms. The van der Waals surface area contributed by atoms with Crippen molar-refractivity contribution in [1.82, 2.24) is 15.1 Å². The number of hydrogen-bond acceptors (Lipinski definition) is 4. The first-order chi connectivity index (χ1) is 15.7. The van der Waals surface area contributed by atoms with Gasteiger partial charge in [0.15, 0.2) is 0 Å². The second-order valence-electron chi connectivity index (χ2n) is 9.79. The molecule has 0 aliphatic carbocycles. The van der Waals surface area contributed by atoms with Crippen LogP contribution < -0.4 is 5.32 Å². The minimum absolute atomic E-state index is 0.0268. The van der Waals surface area contributed by atoms with E-state index in [1.807, 2.05) is 53.4 Å². The van der Waals surface area contributed by atoms with Crippen molar-refractivity contribution < 1.29 is 9.59 Å². The number of nitriles is 1. The fourth-order valence-corrected chi connectivity index (χ4v) is 4.03. The molecule has 1 fully saturated rings. The van der Waals surface area contributed by atoms with Gasteiger partial charge in [-0.05, 0) is 54.2 Å². The maximum absolute atomic E-state index is 13.0. The zero-order chi connectivity index (χ0) is 24.0. The highest BCUT2D eigenvalue weighted by molar-refractivity contribution is 5.97. The van der Waals surface area contributed by atoms with Crippen LogP contribution in [0.2, 0.25) is 0 Å². The predicted octanol–water partition coefficient (Wildman–Crippen LogP) is 3.71. The molecule has 1 N–H and O–H groups in total. The van der Waals surface area contributed by atoms with Crippen molar-refractivity contribution >= 4 is 11.8 Å². The van der Waals surface area contributed by atoms with Gasteiger partial charge in [-0.15, -0.1) is 0 Å². The number of carbonyl (C=O) groups excluding carboxylic acids is 2. The summed E-state index contributed by atoms with van der Waals surface area (Å²) in [4.78, 5) is 29.8. The Balaban J connectivity index is 1.52. The van der Waals surface area contributed by atoms with E-state index >= 15 is 0 Å². The third kappa shape index (κ3) is 6.66. The van der Waals surface area contributed by atoms with Gasteiger partial charge < -0.3 is 10.2 Å². The lowest BCUT2D eigenvalue weighted by molar-refractivity contribution is -0.132. The monoisotopic (exact) mass is 446 g/mol. The molecule has 1 aliphatic heterocycles. The molecule has 6 nitrogen and oxygen atoms in total. The van der Waals surface area contributed by atoms with Crippen LogP contribution >= 0.6 is 0 Å². The highest BCUT2D eigenvalue weighted by Gasteiger charge is 2.25. The summed E-state index contributed by atoms with van der Waals surface area (Å²) in [6, 6.07) is 16.8. The number of benzene rings is 2. The van der Waals surface area contributed by atoms with E-state index in [1.54, 1.807) is 6.92 Å². The Morgan fingerprint density at radius 2 is 1.67 bits per heavy atom. The van der Waals surface area contributed by atoms with Crippen LogP contribution in [0.1, 0.15) is 61.2 Å². The zero-order valence-corrected chi connectivity index (χ0v) is 20.1. The van der Waals surface area contributed by atoms with Crippen LogP contribution in [-0.4, -0.2) is 53.8 Å². The summed E-state index contributed by atoms with van der Waals surface area (Å²) in [5.41, 5.74) is 3.57. The Labute approximate surface area is 197 Å². The van der Waals surface area contributed by atoms with Gasteiger partial charge in [-0.3, -0.25) is 14.5 Å². The summed E-state index contributed by atoms with van der Waals surface area (Å²) in [5, 5.41) is 11.8. The topological polar surface area (TPSA) is 76.4 Å². The molecule has 1 heterocycles. The van der Waals surface area contributed by atoms with Gasteiger partial charge in [0.05, 0.1) is 11.6 Å². The number of rotatable bonds is 5. The first-order valence-corrected chi connectivity index (χ1v) is 11.6. The van der Waals surface area contributed by atoms with Gasteiger partial charge in [-0.25, -0.2) is 0 Å². The van der Waals surface area contributed by atoms with Crippen molar-refractivity contribution in [3.05, 3.63) is 70.8 Å². The van der Waals surface area contributed by atoms with Gasteiger partial charge in [0.1, 0.15) is 6.04 Å². The summed E-state index contributed by atoms with van der Waals surface area (Å²) in [6.45, 7) is 12.0. The molecule has 0 aromatic heterocycles. The van der Waals surface area contributed by atoms with Crippen molar-refractivity contribution in [2.24, 2.45) is 0 Å². The Bertz CT molecular complexity index is 1000. The summed E-state index contributed by atoms with van der Waals surface area (Å²) >= 11 is 0. The van der Waals surface area contributed by atoms with Crippen LogP contribution in [0.5, 0.6) is 0 Å². The average molecular weight is 447 g/mol. The molecule has 0 radical (unpaired) electrons. The molecule has 2 aromatic rings. The normalized spacial score (nSPS) is 15.9. The Morgan fingerprint density at radius 1 is 1.00 bits per heavy atom. The quantitative estimate of drug-likeness (QED) is 0.760. The SMILES string of the molecule is CC(NC(=O)c1ccc(C(C)(C)C)cc1)C(=O)N1CCCN(Cc2ccc(C#N)cc2)CC1. The average Bonchev–Trinajstić information content (AvgIpc) is 3.04. The lowest BCUT2D eigenvalue weighted by Crippen LogP contribution is -2.48. The Morgan fingerprint density at radius 3 is 2.27 bits per heavy atom. The molecule has 2 amide bonds. The maximum atomic E-state index is 13.0. The van der Waals surface area contributed by atoms with E-state index in [1.165, 1.54) is 5.56 Å². The maximum Gasteiger partial charge on any atom is 0.251 e. The summed E-state index contributed by atoms with van der Waals surface area (Å²) in [6.07, 6.45) is 0.886. The molecule has 3 rings (SSSR count). The largest absolute Gasteiger partial charge is 0.341 e. The zero-order valence-electron chi connectivity index (χ0n) is 20.1. The van der Waals surface area contributed by atoms with E-state index in [2.05, 4.69) is 37.1 Å². The van der Waals surface area contributed by atoms with Crippen LogP contribution in [0.4, 0.5) is 0 Å². The van der Waals surface area contributed by atoms with E-state index < -0.39 is 6.04 Å². The predicted molar refractivity (Wildman–Crippen MR) is 130 cm³/mol. The second-order valence-corrected chi connectivity index (χ2v) is 9.79. The van der Waals surface area contributed by atoms with E-state index in [-0.39, 0.29) is 17.2 Å². The van der Waals surface area contributed by atoms with E-state index in [4.69, 9.17) is 5.26 Å². The van der Waals surface area contributed by atoms with Crippen molar-refractivity contribution in [2.45, 2.75) is 52.1 Å².